The molecule has 3 aromatic carbocycles. The minimum absolute atomic E-state index is 0.0764. The summed E-state index contributed by atoms with van der Waals surface area (Å²) in [5, 5.41) is 11.5. The summed E-state index contributed by atoms with van der Waals surface area (Å²) in [4.78, 5) is 27.4. The maximum absolute atomic E-state index is 13.7. The highest BCUT2D eigenvalue weighted by Crippen LogP contribution is 2.40. The molecule has 1 N–H and O–H groups in total. The summed E-state index contributed by atoms with van der Waals surface area (Å²) in [6.45, 7) is 1.72. The predicted octanol–water partition coefficient (Wildman–Crippen LogP) is 5.59. The van der Waals surface area contributed by atoms with Crippen molar-refractivity contribution < 1.29 is 23.5 Å². The number of rotatable bonds is 5. The minimum Gasteiger partial charge on any atom is -0.507 e. The van der Waals surface area contributed by atoms with E-state index in [4.69, 9.17) is 11.6 Å². The first-order valence-electron chi connectivity index (χ1n) is 10.3. The maximum atomic E-state index is 13.7. The van der Waals surface area contributed by atoms with Gasteiger partial charge in [-0.15, -0.1) is 0 Å². The summed E-state index contributed by atoms with van der Waals surface area (Å²) in [5.74, 6) is -2.76. The molecular weight excluding hydrogens is 448 g/mol. The summed E-state index contributed by atoms with van der Waals surface area (Å²) >= 11 is 6.02. The Hall–Kier alpha value is -3.51. The van der Waals surface area contributed by atoms with Gasteiger partial charge in [-0.1, -0.05) is 35.9 Å². The third kappa shape index (κ3) is 4.52. The zero-order valence-electron chi connectivity index (χ0n) is 17.7. The molecule has 1 amide bonds. The lowest BCUT2D eigenvalue weighted by molar-refractivity contribution is -0.139. The van der Waals surface area contributed by atoms with E-state index in [2.05, 4.69) is 0 Å². The number of benzene rings is 3. The van der Waals surface area contributed by atoms with Gasteiger partial charge >= 0.3 is 0 Å². The number of aliphatic hydroxyl groups is 1. The monoisotopic (exact) mass is 467 g/mol. The first-order valence-corrected chi connectivity index (χ1v) is 10.7. The van der Waals surface area contributed by atoms with E-state index in [9.17, 15) is 23.5 Å². The van der Waals surface area contributed by atoms with E-state index < -0.39 is 23.5 Å². The van der Waals surface area contributed by atoms with Crippen molar-refractivity contribution in [2.75, 3.05) is 6.54 Å². The highest BCUT2D eigenvalue weighted by molar-refractivity contribution is 6.46. The molecule has 168 valence electrons. The van der Waals surface area contributed by atoms with Crippen LogP contribution in [0.4, 0.5) is 8.78 Å². The largest absolute Gasteiger partial charge is 0.507 e. The van der Waals surface area contributed by atoms with E-state index in [0.717, 1.165) is 5.56 Å². The van der Waals surface area contributed by atoms with Gasteiger partial charge in [0.25, 0.3) is 11.7 Å². The van der Waals surface area contributed by atoms with E-state index in [-0.39, 0.29) is 29.3 Å². The molecule has 0 aliphatic carbocycles. The van der Waals surface area contributed by atoms with Crippen molar-refractivity contribution >= 4 is 29.1 Å². The Balaban J connectivity index is 1.78. The quantitative estimate of drug-likeness (QED) is 0.302. The Labute approximate surface area is 194 Å². The van der Waals surface area contributed by atoms with Crippen LogP contribution in [0.5, 0.6) is 0 Å². The van der Waals surface area contributed by atoms with Gasteiger partial charge in [-0.3, -0.25) is 9.59 Å². The molecule has 0 radical (unpaired) electrons. The van der Waals surface area contributed by atoms with Gasteiger partial charge in [0.2, 0.25) is 0 Å². The Morgan fingerprint density at radius 3 is 2.30 bits per heavy atom. The molecular formula is C26H20ClF2NO3. The molecule has 7 heteroatoms. The fourth-order valence-corrected chi connectivity index (χ4v) is 4.08. The van der Waals surface area contributed by atoms with Crippen molar-refractivity contribution in [2.45, 2.75) is 19.4 Å². The molecule has 4 nitrogen and oxygen atoms in total. The number of Topliss-reactive ketones (excluding diaryl/α,β-unsaturated/α-hetero) is 1. The second-order valence-corrected chi connectivity index (χ2v) is 8.32. The zero-order chi connectivity index (χ0) is 23.7. The molecule has 1 unspecified atom stereocenters. The molecule has 0 saturated carbocycles. The normalized spacial score (nSPS) is 17.6. The van der Waals surface area contributed by atoms with Crippen molar-refractivity contribution in [3.63, 3.8) is 0 Å². The van der Waals surface area contributed by atoms with Crippen LogP contribution in [-0.2, 0) is 16.0 Å². The Kier molecular flexibility index (Phi) is 6.29. The summed E-state index contributed by atoms with van der Waals surface area (Å²) in [6, 6.07) is 15.7. The fraction of sp³-hybridized carbons (Fsp3) is 0.154. The van der Waals surface area contributed by atoms with Crippen molar-refractivity contribution in [3.05, 3.63) is 111 Å². The molecule has 1 fully saturated rings. The summed E-state index contributed by atoms with van der Waals surface area (Å²) in [7, 11) is 0. The molecule has 0 bridgehead atoms. The van der Waals surface area contributed by atoms with Crippen molar-refractivity contribution in [2.24, 2.45) is 0 Å². The first-order chi connectivity index (χ1) is 15.8. The van der Waals surface area contributed by atoms with Crippen LogP contribution in [0.15, 0.2) is 72.3 Å². The highest BCUT2D eigenvalue weighted by Gasteiger charge is 2.45. The number of ketones is 1. The number of amides is 1. The van der Waals surface area contributed by atoms with Crippen LogP contribution < -0.4 is 0 Å². The lowest BCUT2D eigenvalue weighted by atomic mass is 9.94. The summed E-state index contributed by atoms with van der Waals surface area (Å²) in [5.41, 5.74) is 1.85. The van der Waals surface area contributed by atoms with Gasteiger partial charge in [0.1, 0.15) is 17.4 Å². The third-order valence-corrected chi connectivity index (χ3v) is 5.96. The topological polar surface area (TPSA) is 57.6 Å². The highest BCUT2D eigenvalue weighted by atomic mass is 35.5. The van der Waals surface area contributed by atoms with Crippen LogP contribution in [0.25, 0.3) is 5.76 Å². The molecule has 1 atom stereocenters. The van der Waals surface area contributed by atoms with Gasteiger partial charge in [-0.2, -0.15) is 0 Å². The molecule has 1 aliphatic rings. The molecule has 3 aromatic rings. The fourth-order valence-electron chi connectivity index (χ4n) is 3.95. The molecule has 33 heavy (non-hydrogen) atoms. The van der Waals surface area contributed by atoms with Crippen LogP contribution in [0, 0.1) is 18.6 Å². The molecule has 4 rings (SSSR count). The Morgan fingerprint density at radius 1 is 1.00 bits per heavy atom. The van der Waals surface area contributed by atoms with Gasteiger partial charge in [0.15, 0.2) is 0 Å². The summed E-state index contributed by atoms with van der Waals surface area (Å²) < 4.78 is 27.0. The zero-order valence-corrected chi connectivity index (χ0v) is 18.4. The van der Waals surface area contributed by atoms with Gasteiger partial charge in [-0.05, 0) is 72.5 Å². The number of hydrogen-bond acceptors (Lipinski definition) is 3. The maximum Gasteiger partial charge on any atom is 0.295 e. The number of aliphatic hydroxyl groups excluding tert-OH is 1. The minimum atomic E-state index is -0.854. The van der Waals surface area contributed by atoms with E-state index >= 15 is 0 Å². The van der Waals surface area contributed by atoms with Crippen LogP contribution in [-0.4, -0.2) is 28.2 Å². The van der Waals surface area contributed by atoms with Crippen LogP contribution in [0.2, 0.25) is 5.02 Å². The number of likely N-dealkylation sites (tertiary alicyclic amines) is 1. The number of carbonyl (C=O) groups is 2. The van der Waals surface area contributed by atoms with Gasteiger partial charge in [0.05, 0.1) is 11.6 Å². The van der Waals surface area contributed by atoms with E-state index in [1.54, 1.807) is 43.3 Å². The number of aryl methyl sites for hydroxylation is 1. The van der Waals surface area contributed by atoms with Gasteiger partial charge in [0, 0.05) is 17.1 Å². The van der Waals surface area contributed by atoms with Gasteiger partial charge in [-0.25, -0.2) is 8.78 Å². The van der Waals surface area contributed by atoms with Crippen molar-refractivity contribution in [1.82, 2.24) is 4.90 Å². The first kappa shape index (κ1) is 22.7. The number of hydrogen-bond donors (Lipinski definition) is 1. The smallest absolute Gasteiger partial charge is 0.295 e. The van der Waals surface area contributed by atoms with E-state index in [0.29, 0.717) is 22.6 Å². The SMILES string of the molecule is Cc1cc(/C(O)=C2/C(=O)C(=O)N(CCc3ccc(F)cc3)C2c2ccc(Cl)cc2)ccc1F. The van der Waals surface area contributed by atoms with Crippen LogP contribution in [0.1, 0.15) is 28.3 Å². The van der Waals surface area contributed by atoms with Crippen LogP contribution >= 0.6 is 11.6 Å². The second kappa shape index (κ2) is 9.16. The van der Waals surface area contributed by atoms with Gasteiger partial charge < -0.3 is 10.0 Å². The third-order valence-electron chi connectivity index (χ3n) is 5.71. The van der Waals surface area contributed by atoms with E-state index in [1.807, 2.05) is 0 Å². The number of carbonyl (C=O) groups excluding carboxylic acids is 2. The predicted molar refractivity (Wildman–Crippen MR) is 122 cm³/mol. The van der Waals surface area contributed by atoms with Crippen LogP contribution in [0.3, 0.4) is 0 Å². The lowest BCUT2D eigenvalue weighted by Gasteiger charge is -2.25. The Morgan fingerprint density at radius 2 is 1.67 bits per heavy atom. The van der Waals surface area contributed by atoms with Crippen molar-refractivity contribution in [3.8, 4) is 0 Å². The average molecular weight is 468 g/mol. The van der Waals surface area contributed by atoms with E-state index in [1.165, 1.54) is 35.2 Å². The number of nitrogens with zero attached hydrogens (tertiary/aromatic N) is 1. The molecule has 1 aliphatic heterocycles. The second-order valence-electron chi connectivity index (χ2n) is 7.88. The number of halogens is 3. The Bertz CT molecular complexity index is 1250. The molecule has 1 saturated heterocycles. The molecule has 0 spiro atoms. The lowest BCUT2D eigenvalue weighted by Crippen LogP contribution is -2.31. The molecule has 0 aromatic heterocycles. The average Bonchev–Trinajstić information content (AvgIpc) is 3.05. The molecule has 1 heterocycles. The van der Waals surface area contributed by atoms with Crippen molar-refractivity contribution in [1.29, 1.82) is 0 Å². The summed E-state index contributed by atoms with van der Waals surface area (Å²) in [6.07, 6.45) is 0.382. The standard InChI is InChI=1S/C26H20ClF2NO3/c1-15-14-18(6-11-21(15)29)24(31)22-23(17-4-7-19(27)8-5-17)30(26(33)25(22)32)13-12-16-2-9-20(28)10-3-16/h2-11,14,23,31H,12-13H2,1H3/b24-22-.